The Balaban J connectivity index is 1.34. The van der Waals surface area contributed by atoms with E-state index in [0.717, 1.165) is 5.92 Å². The van der Waals surface area contributed by atoms with Crippen LogP contribution in [0.25, 0.3) is 0 Å². The molecular formula is C19H37N3O. The van der Waals surface area contributed by atoms with E-state index in [1.54, 1.807) is 0 Å². The Labute approximate surface area is 143 Å². The molecule has 0 amide bonds. The summed E-state index contributed by atoms with van der Waals surface area (Å²) in [5.74, 6) is 0.898. The van der Waals surface area contributed by atoms with E-state index < -0.39 is 0 Å². The van der Waals surface area contributed by atoms with Gasteiger partial charge in [-0.15, -0.1) is 0 Å². The Morgan fingerprint density at radius 1 is 0.826 bits per heavy atom. The molecule has 0 aromatic carbocycles. The summed E-state index contributed by atoms with van der Waals surface area (Å²) < 4.78 is 6.39. The minimum atomic E-state index is 0.526. The molecule has 134 valence electrons. The summed E-state index contributed by atoms with van der Waals surface area (Å²) in [6, 6.07) is 0. The number of hydrogen-bond acceptors (Lipinski definition) is 4. The van der Waals surface area contributed by atoms with Gasteiger partial charge in [-0.05, 0) is 64.6 Å². The van der Waals surface area contributed by atoms with Crippen molar-refractivity contribution in [3.8, 4) is 0 Å². The first-order chi connectivity index (χ1) is 11.2. The van der Waals surface area contributed by atoms with E-state index in [1.807, 2.05) is 0 Å². The maximum atomic E-state index is 6.39. The molecule has 1 atom stereocenters. The Morgan fingerprint density at radius 3 is 2.13 bits per heavy atom. The summed E-state index contributed by atoms with van der Waals surface area (Å²) in [5, 5.41) is 0. The Hall–Kier alpha value is -0.160. The van der Waals surface area contributed by atoms with Crippen molar-refractivity contribution in [2.45, 2.75) is 57.7 Å². The number of hydrogen-bond donors (Lipinski definition) is 0. The third-order valence-electron chi connectivity index (χ3n) is 6.15. The smallest absolute Gasteiger partial charge is 0.0603 e. The van der Waals surface area contributed by atoms with Crippen LogP contribution in [0.3, 0.4) is 0 Å². The Bertz CT molecular complexity index is 336. The predicted molar refractivity (Wildman–Crippen MR) is 95.9 cm³/mol. The quantitative estimate of drug-likeness (QED) is 0.773. The van der Waals surface area contributed by atoms with Crippen LogP contribution in [0.1, 0.15) is 45.4 Å². The molecule has 0 aromatic rings. The van der Waals surface area contributed by atoms with Crippen LogP contribution in [0.5, 0.6) is 0 Å². The van der Waals surface area contributed by atoms with Gasteiger partial charge >= 0.3 is 0 Å². The summed E-state index contributed by atoms with van der Waals surface area (Å²) >= 11 is 0. The lowest BCUT2D eigenvalue weighted by molar-refractivity contribution is -0.0645. The molecule has 0 aromatic heterocycles. The lowest BCUT2D eigenvalue weighted by atomic mass is 9.96. The zero-order valence-corrected chi connectivity index (χ0v) is 15.4. The summed E-state index contributed by atoms with van der Waals surface area (Å²) in [4.78, 5) is 7.76. The van der Waals surface area contributed by atoms with Crippen LogP contribution in [-0.2, 0) is 4.74 Å². The highest BCUT2D eigenvalue weighted by molar-refractivity contribution is 4.80. The fraction of sp³-hybridized carbons (Fsp3) is 1.00. The van der Waals surface area contributed by atoms with Gasteiger partial charge in [0.05, 0.1) is 12.2 Å². The standard InChI is InChI=1S/C19H37N3O/c1-3-21-10-4-5-17(15-21)16-22-13-8-19(9-14-22)23-18-6-11-20(2)12-7-18/h17-19H,3-16H2,1-2H3. The van der Waals surface area contributed by atoms with Crippen LogP contribution in [0, 0.1) is 5.92 Å². The fourth-order valence-electron chi connectivity index (χ4n) is 4.57. The summed E-state index contributed by atoms with van der Waals surface area (Å²) in [5.41, 5.74) is 0. The lowest BCUT2D eigenvalue weighted by Gasteiger charge is -2.39. The number of likely N-dealkylation sites (tertiary alicyclic amines) is 3. The normalized spacial score (nSPS) is 30.8. The molecule has 0 saturated carbocycles. The third kappa shape index (κ3) is 5.42. The molecule has 4 nitrogen and oxygen atoms in total. The van der Waals surface area contributed by atoms with Crippen LogP contribution < -0.4 is 0 Å². The average Bonchev–Trinajstić information content (AvgIpc) is 2.59. The maximum Gasteiger partial charge on any atom is 0.0603 e. The number of ether oxygens (including phenoxy) is 1. The highest BCUT2D eigenvalue weighted by Crippen LogP contribution is 2.23. The van der Waals surface area contributed by atoms with Crippen LogP contribution in [-0.4, -0.2) is 86.3 Å². The van der Waals surface area contributed by atoms with Crippen molar-refractivity contribution < 1.29 is 4.74 Å². The second kappa shape index (κ2) is 8.80. The molecule has 1 unspecified atom stereocenters. The monoisotopic (exact) mass is 323 g/mol. The van der Waals surface area contributed by atoms with Gasteiger partial charge in [0.1, 0.15) is 0 Å². The molecule has 23 heavy (non-hydrogen) atoms. The maximum absolute atomic E-state index is 6.39. The molecule has 0 radical (unpaired) electrons. The van der Waals surface area contributed by atoms with Crippen molar-refractivity contribution in [3.05, 3.63) is 0 Å². The van der Waals surface area contributed by atoms with E-state index >= 15 is 0 Å². The van der Waals surface area contributed by atoms with Crippen molar-refractivity contribution in [3.63, 3.8) is 0 Å². The second-order valence-corrected chi connectivity index (χ2v) is 8.04. The summed E-state index contributed by atoms with van der Waals surface area (Å²) in [6.07, 6.45) is 8.83. The van der Waals surface area contributed by atoms with Crippen LogP contribution in [0.15, 0.2) is 0 Å². The zero-order valence-electron chi connectivity index (χ0n) is 15.4. The SMILES string of the molecule is CCN1CCCC(CN2CCC(OC3CCN(C)CC3)CC2)C1. The third-order valence-corrected chi connectivity index (χ3v) is 6.15. The molecule has 3 aliphatic rings. The van der Waals surface area contributed by atoms with Crippen molar-refractivity contribution in [1.29, 1.82) is 0 Å². The van der Waals surface area contributed by atoms with Crippen molar-refractivity contribution in [2.24, 2.45) is 5.92 Å². The topological polar surface area (TPSA) is 19.0 Å². The van der Waals surface area contributed by atoms with E-state index in [-0.39, 0.29) is 0 Å². The molecular weight excluding hydrogens is 286 g/mol. The van der Waals surface area contributed by atoms with Crippen molar-refractivity contribution >= 4 is 0 Å². The molecule has 3 heterocycles. The van der Waals surface area contributed by atoms with Gasteiger partial charge in [0.25, 0.3) is 0 Å². The zero-order chi connectivity index (χ0) is 16.1. The van der Waals surface area contributed by atoms with E-state index in [4.69, 9.17) is 4.74 Å². The van der Waals surface area contributed by atoms with Crippen LogP contribution in [0.2, 0.25) is 0 Å². The largest absolute Gasteiger partial charge is 0.375 e. The lowest BCUT2D eigenvalue weighted by Crippen LogP contribution is -2.45. The fourth-order valence-corrected chi connectivity index (χ4v) is 4.57. The van der Waals surface area contributed by atoms with Gasteiger partial charge in [-0.3, -0.25) is 0 Å². The van der Waals surface area contributed by atoms with E-state index in [1.165, 1.54) is 90.9 Å². The molecule has 3 rings (SSSR count). The first-order valence-electron chi connectivity index (χ1n) is 10.0. The number of nitrogens with zero attached hydrogens (tertiary/aromatic N) is 3. The van der Waals surface area contributed by atoms with Crippen LogP contribution >= 0.6 is 0 Å². The van der Waals surface area contributed by atoms with E-state index in [9.17, 15) is 0 Å². The molecule has 0 spiro atoms. The minimum Gasteiger partial charge on any atom is -0.375 e. The van der Waals surface area contributed by atoms with Gasteiger partial charge in [-0.2, -0.15) is 0 Å². The second-order valence-electron chi connectivity index (χ2n) is 8.04. The summed E-state index contributed by atoms with van der Waals surface area (Å²) in [6.45, 7) is 12.4. The Morgan fingerprint density at radius 2 is 1.48 bits per heavy atom. The molecule has 3 fully saturated rings. The molecule has 3 saturated heterocycles. The first-order valence-corrected chi connectivity index (χ1v) is 10.0. The highest BCUT2D eigenvalue weighted by Gasteiger charge is 2.27. The molecule has 0 bridgehead atoms. The molecule has 0 aliphatic carbocycles. The van der Waals surface area contributed by atoms with Gasteiger partial charge in [0, 0.05) is 39.3 Å². The van der Waals surface area contributed by atoms with Crippen LogP contribution in [0.4, 0.5) is 0 Å². The first kappa shape index (κ1) is 17.7. The van der Waals surface area contributed by atoms with Gasteiger partial charge in [-0.25, -0.2) is 0 Å². The number of rotatable bonds is 5. The average molecular weight is 324 g/mol. The molecule has 0 N–H and O–H groups in total. The van der Waals surface area contributed by atoms with Gasteiger partial charge in [0.2, 0.25) is 0 Å². The molecule has 3 aliphatic heterocycles. The van der Waals surface area contributed by atoms with Crippen molar-refractivity contribution in [1.82, 2.24) is 14.7 Å². The Kier molecular flexibility index (Phi) is 6.75. The number of piperidine rings is 3. The minimum absolute atomic E-state index is 0.526. The van der Waals surface area contributed by atoms with Gasteiger partial charge < -0.3 is 19.4 Å². The summed E-state index contributed by atoms with van der Waals surface area (Å²) in [7, 11) is 2.22. The van der Waals surface area contributed by atoms with Gasteiger partial charge in [0.15, 0.2) is 0 Å². The molecule has 4 heteroatoms. The van der Waals surface area contributed by atoms with Gasteiger partial charge in [-0.1, -0.05) is 6.92 Å². The van der Waals surface area contributed by atoms with Crippen molar-refractivity contribution in [2.75, 3.05) is 59.4 Å². The highest BCUT2D eigenvalue weighted by atomic mass is 16.5. The predicted octanol–water partition coefficient (Wildman–Crippen LogP) is 2.29. The van der Waals surface area contributed by atoms with E-state index in [0.29, 0.717) is 12.2 Å². The van der Waals surface area contributed by atoms with E-state index in [2.05, 4.69) is 28.7 Å².